The van der Waals surface area contributed by atoms with E-state index in [0.29, 0.717) is 6.42 Å². The van der Waals surface area contributed by atoms with Gasteiger partial charge in [0.15, 0.2) is 6.29 Å². The van der Waals surface area contributed by atoms with Crippen LogP contribution in [0.5, 0.6) is 0 Å². The van der Waals surface area contributed by atoms with Crippen LogP contribution in [-0.2, 0) is 4.74 Å². The van der Waals surface area contributed by atoms with Crippen LogP contribution in [0.2, 0.25) is 0 Å². The van der Waals surface area contributed by atoms with Crippen molar-refractivity contribution in [3.63, 3.8) is 0 Å². The lowest BCUT2D eigenvalue weighted by Crippen LogP contribution is -2.14. The average Bonchev–Trinajstić information content (AvgIpc) is 2.32. The van der Waals surface area contributed by atoms with Gasteiger partial charge in [-0.05, 0) is 12.8 Å². The lowest BCUT2D eigenvalue weighted by Gasteiger charge is -2.09. The normalized spacial score (nSPS) is 11.8. The number of unbranched alkanes of at least 4 members (excludes halogenated alkanes) is 3. The van der Waals surface area contributed by atoms with E-state index in [2.05, 4.69) is 6.92 Å². The third-order valence-electron chi connectivity index (χ3n) is 1.81. The molecule has 0 spiro atoms. The van der Waals surface area contributed by atoms with E-state index in [1.165, 1.54) is 12.8 Å². The first-order chi connectivity index (χ1) is 7.72. The van der Waals surface area contributed by atoms with E-state index in [4.69, 9.17) is 25.2 Å². The van der Waals surface area contributed by atoms with E-state index in [9.17, 15) is 0 Å². The van der Waals surface area contributed by atoms with Crippen molar-refractivity contribution in [3.8, 4) is 0 Å². The molecule has 0 aromatic rings. The second-order valence-electron chi connectivity index (χ2n) is 3.35. The Labute approximate surface area is 97.7 Å². The van der Waals surface area contributed by atoms with E-state index >= 15 is 0 Å². The van der Waals surface area contributed by atoms with Crippen LogP contribution in [0.25, 0.3) is 0 Å². The van der Waals surface area contributed by atoms with Crippen molar-refractivity contribution < 1.29 is 25.2 Å². The van der Waals surface area contributed by atoms with Crippen LogP contribution in [0.15, 0.2) is 0 Å². The topological polar surface area (TPSA) is 90.2 Å². The van der Waals surface area contributed by atoms with Gasteiger partial charge in [-0.15, -0.1) is 0 Å². The standard InChI is InChI=1S/C9H20O3.C2H6O2/c1-2-3-4-5-6-9(11)12-8-7-10;3-1-2-4/h9-11H,2-8H2,1H3;3-4H,1-2H2. The molecule has 100 valence electrons. The highest BCUT2D eigenvalue weighted by Gasteiger charge is 2.01. The molecule has 0 aromatic carbocycles. The number of rotatable bonds is 9. The van der Waals surface area contributed by atoms with Crippen LogP contribution >= 0.6 is 0 Å². The van der Waals surface area contributed by atoms with Crippen LogP contribution < -0.4 is 0 Å². The summed E-state index contributed by atoms with van der Waals surface area (Å²) in [6.45, 7) is 2.11. The molecule has 0 bridgehead atoms. The van der Waals surface area contributed by atoms with Gasteiger partial charge in [0.25, 0.3) is 0 Å². The maximum atomic E-state index is 9.15. The van der Waals surface area contributed by atoms with Gasteiger partial charge < -0.3 is 25.2 Å². The molecule has 0 amide bonds. The summed E-state index contributed by atoms with van der Waals surface area (Å²) >= 11 is 0. The van der Waals surface area contributed by atoms with Crippen molar-refractivity contribution in [2.75, 3.05) is 26.4 Å². The van der Waals surface area contributed by atoms with Gasteiger partial charge in [0.1, 0.15) is 0 Å². The maximum Gasteiger partial charge on any atom is 0.154 e. The molecule has 1 atom stereocenters. The second-order valence-corrected chi connectivity index (χ2v) is 3.35. The van der Waals surface area contributed by atoms with E-state index in [0.717, 1.165) is 12.8 Å². The molecular weight excluding hydrogens is 212 g/mol. The van der Waals surface area contributed by atoms with Gasteiger partial charge in [-0.2, -0.15) is 0 Å². The third-order valence-corrected chi connectivity index (χ3v) is 1.81. The van der Waals surface area contributed by atoms with Crippen molar-refractivity contribution in [1.29, 1.82) is 0 Å². The molecule has 0 fully saturated rings. The average molecular weight is 238 g/mol. The summed E-state index contributed by atoms with van der Waals surface area (Å²) in [7, 11) is 0. The number of ether oxygens (including phenoxy) is 1. The first-order valence-corrected chi connectivity index (χ1v) is 5.85. The second kappa shape index (κ2) is 17.2. The molecule has 0 saturated carbocycles. The summed E-state index contributed by atoms with van der Waals surface area (Å²) in [5.74, 6) is 0. The van der Waals surface area contributed by atoms with Crippen LogP contribution in [0.4, 0.5) is 0 Å². The van der Waals surface area contributed by atoms with Gasteiger partial charge in [0.05, 0.1) is 26.4 Å². The number of hydrogen-bond donors (Lipinski definition) is 4. The van der Waals surface area contributed by atoms with E-state index < -0.39 is 6.29 Å². The van der Waals surface area contributed by atoms with E-state index in [1.807, 2.05) is 0 Å². The zero-order valence-electron chi connectivity index (χ0n) is 10.1. The smallest absolute Gasteiger partial charge is 0.154 e. The molecule has 0 saturated heterocycles. The Morgan fingerprint density at radius 2 is 1.56 bits per heavy atom. The number of aliphatic hydroxyl groups excluding tert-OH is 4. The minimum atomic E-state index is -0.686. The van der Waals surface area contributed by atoms with Crippen molar-refractivity contribution in [3.05, 3.63) is 0 Å². The van der Waals surface area contributed by atoms with Gasteiger partial charge in [-0.25, -0.2) is 0 Å². The van der Waals surface area contributed by atoms with Gasteiger partial charge >= 0.3 is 0 Å². The van der Waals surface area contributed by atoms with Crippen LogP contribution in [0, 0.1) is 0 Å². The fourth-order valence-corrected chi connectivity index (χ4v) is 1.02. The highest BCUT2D eigenvalue weighted by molar-refractivity contribution is 4.45. The molecule has 0 aliphatic carbocycles. The Morgan fingerprint density at radius 3 is 2.00 bits per heavy atom. The molecule has 0 radical (unpaired) electrons. The molecule has 0 aromatic heterocycles. The van der Waals surface area contributed by atoms with Gasteiger partial charge in [0.2, 0.25) is 0 Å². The monoisotopic (exact) mass is 238 g/mol. The molecule has 0 aliphatic rings. The maximum absolute atomic E-state index is 9.15. The predicted octanol–water partition coefficient (Wildman–Crippen LogP) is 0.255. The third kappa shape index (κ3) is 19.4. The highest BCUT2D eigenvalue weighted by atomic mass is 16.6. The molecule has 5 heteroatoms. The largest absolute Gasteiger partial charge is 0.394 e. The zero-order valence-corrected chi connectivity index (χ0v) is 10.1. The molecular formula is C11H26O5. The SMILES string of the molecule is CCCCCCC(O)OCCO.OCCO. The van der Waals surface area contributed by atoms with Crippen molar-refractivity contribution in [2.24, 2.45) is 0 Å². The van der Waals surface area contributed by atoms with Gasteiger partial charge in [0, 0.05) is 0 Å². The molecule has 0 rings (SSSR count). The minimum absolute atomic E-state index is 0.0218. The quantitative estimate of drug-likeness (QED) is 0.341. The predicted molar refractivity (Wildman–Crippen MR) is 62.0 cm³/mol. The first-order valence-electron chi connectivity index (χ1n) is 5.85. The zero-order chi connectivity index (χ0) is 12.6. The van der Waals surface area contributed by atoms with Crippen LogP contribution in [-0.4, -0.2) is 53.1 Å². The molecule has 4 N–H and O–H groups in total. The summed E-state index contributed by atoms with van der Waals surface area (Å²) in [6.07, 6.45) is 4.56. The van der Waals surface area contributed by atoms with E-state index in [-0.39, 0.29) is 26.4 Å². The molecule has 0 aliphatic heterocycles. The highest BCUT2D eigenvalue weighted by Crippen LogP contribution is 2.05. The van der Waals surface area contributed by atoms with Gasteiger partial charge in [-0.3, -0.25) is 0 Å². The van der Waals surface area contributed by atoms with Crippen LogP contribution in [0.1, 0.15) is 39.0 Å². The summed E-state index contributed by atoms with van der Waals surface area (Å²) in [6, 6.07) is 0. The Kier molecular flexibility index (Phi) is 19.5. The Balaban J connectivity index is 0. The minimum Gasteiger partial charge on any atom is -0.394 e. The van der Waals surface area contributed by atoms with Crippen molar-refractivity contribution in [1.82, 2.24) is 0 Å². The Hall–Kier alpha value is -0.200. The number of hydrogen-bond acceptors (Lipinski definition) is 5. The molecule has 5 nitrogen and oxygen atoms in total. The molecule has 1 unspecified atom stereocenters. The van der Waals surface area contributed by atoms with Gasteiger partial charge in [-0.1, -0.05) is 26.2 Å². The van der Waals surface area contributed by atoms with Crippen molar-refractivity contribution in [2.45, 2.75) is 45.3 Å². The summed E-state index contributed by atoms with van der Waals surface area (Å²) < 4.78 is 4.88. The molecule has 0 heterocycles. The lowest BCUT2D eigenvalue weighted by molar-refractivity contribution is -0.111. The van der Waals surface area contributed by atoms with Crippen molar-refractivity contribution >= 4 is 0 Å². The van der Waals surface area contributed by atoms with Crippen LogP contribution in [0.3, 0.4) is 0 Å². The summed E-state index contributed by atoms with van der Waals surface area (Å²) in [4.78, 5) is 0. The Bertz CT molecular complexity index is 109. The number of aliphatic hydroxyl groups is 4. The summed E-state index contributed by atoms with van der Waals surface area (Å²) in [5.41, 5.74) is 0. The van der Waals surface area contributed by atoms with E-state index in [1.54, 1.807) is 0 Å². The Morgan fingerprint density at radius 1 is 0.938 bits per heavy atom. The fraction of sp³-hybridized carbons (Fsp3) is 1.00. The lowest BCUT2D eigenvalue weighted by atomic mass is 10.1. The molecule has 16 heavy (non-hydrogen) atoms. The fourth-order valence-electron chi connectivity index (χ4n) is 1.02. The summed E-state index contributed by atoms with van der Waals surface area (Å²) in [5, 5.41) is 32.8. The first kappa shape index (κ1) is 18.2.